The molecule has 0 aliphatic carbocycles. The number of aromatic amines is 1. The number of rotatable bonds is 6. The van der Waals surface area contributed by atoms with Crippen LogP contribution >= 0.6 is 11.6 Å². The van der Waals surface area contributed by atoms with Crippen LogP contribution in [0.3, 0.4) is 0 Å². The molecule has 0 bridgehead atoms. The Morgan fingerprint density at radius 1 is 1.25 bits per heavy atom. The molecule has 0 aliphatic rings. The van der Waals surface area contributed by atoms with E-state index in [-0.39, 0.29) is 5.91 Å². The molecule has 0 spiro atoms. The zero-order valence-electron chi connectivity index (χ0n) is 13.3. The number of amides is 1. The molecule has 2 aromatic carbocycles. The maximum Gasteiger partial charge on any atom is 0.251 e. The van der Waals surface area contributed by atoms with Gasteiger partial charge in [-0.25, -0.2) is 4.98 Å². The molecule has 1 amide bonds. The predicted octanol–water partition coefficient (Wildman–Crippen LogP) is 3.65. The summed E-state index contributed by atoms with van der Waals surface area (Å²) in [7, 11) is 1.65. The lowest BCUT2D eigenvalue weighted by Crippen LogP contribution is -2.25. The van der Waals surface area contributed by atoms with Gasteiger partial charge in [-0.15, -0.1) is 0 Å². The van der Waals surface area contributed by atoms with Gasteiger partial charge in [-0.1, -0.05) is 23.7 Å². The molecule has 1 heterocycles. The van der Waals surface area contributed by atoms with Crippen LogP contribution in [0.1, 0.15) is 16.8 Å². The highest BCUT2D eigenvalue weighted by Crippen LogP contribution is 2.23. The third-order valence-electron chi connectivity index (χ3n) is 3.68. The standard InChI is InChI=1S/C18H18ClN3O2/c1-24-10-2-9-20-18(23)13-5-3-12(4-6-13)17-21-15-8-7-14(19)11-16(15)22-17/h3-8,11H,2,9-10H2,1H3,(H,20,23)(H,21,22). The van der Waals surface area contributed by atoms with Crippen LogP contribution in [0.2, 0.25) is 5.02 Å². The van der Waals surface area contributed by atoms with Gasteiger partial charge >= 0.3 is 0 Å². The number of fused-ring (bicyclic) bond motifs is 1. The second kappa shape index (κ2) is 7.47. The van der Waals surface area contributed by atoms with Crippen molar-refractivity contribution in [2.75, 3.05) is 20.3 Å². The highest BCUT2D eigenvalue weighted by atomic mass is 35.5. The average Bonchev–Trinajstić information content (AvgIpc) is 3.02. The highest BCUT2D eigenvalue weighted by Gasteiger charge is 2.08. The fourth-order valence-electron chi connectivity index (χ4n) is 2.42. The Bertz CT molecular complexity index is 843. The van der Waals surface area contributed by atoms with Crippen molar-refractivity contribution in [3.8, 4) is 11.4 Å². The number of nitrogens with one attached hydrogen (secondary N) is 2. The summed E-state index contributed by atoms with van der Waals surface area (Å²) in [4.78, 5) is 19.8. The average molecular weight is 344 g/mol. The lowest BCUT2D eigenvalue weighted by atomic mass is 10.1. The van der Waals surface area contributed by atoms with E-state index in [9.17, 15) is 4.79 Å². The largest absolute Gasteiger partial charge is 0.385 e. The Hall–Kier alpha value is -2.37. The van der Waals surface area contributed by atoms with Crippen LogP contribution < -0.4 is 5.32 Å². The van der Waals surface area contributed by atoms with Crippen molar-refractivity contribution >= 4 is 28.5 Å². The molecular weight excluding hydrogens is 326 g/mol. The molecule has 5 nitrogen and oxygen atoms in total. The van der Waals surface area contributed by atoms with E-state index in [1.807, 2.05) is 30.3 Å². The number of methoxy groups -OCH3 is 1. The van der Waals surface area contributed by atoms with Crippen molar-refractivity contribution in [2.45, 2.75) is 6.42 Å². The number of carbonyl (C=O) groups is 1. The molecule has 2 N–H and O–H groups in total. The maximum absolute atomic E-state index is 12.0. The van der Waals surface area contributed by atoms with E-state index in [0.29, 0.717) is 23.7 Å². The van der Waals surface area contributed by atoms with Gasteiger partial charge in [-0.05, 0) is 36.8 Å². The van der Waals surface area contributed by atoms with Gasteiger partial charge in [0.15, 0.2) is 0 Å². The topological polar surface area (TPSA) is 67.0 Å². The lowest BCUT2D eigenvalue weighted by molar-refractivity contribution is 0.0948. The van der Waals surface area contributed by atoms with E-state index >= 15 is 0 Å². The smallest absolute Gasteiger partial charge is 0.251 e. The van der Waals surface area contributed by atoms with Crippen LogP contribution in [-0.4, -0.2) is 36.1 Å². The van der Waals surface area contributed by atoms with Crippen LogP contribution in [0.5, 0.6) is 0 Å². The summed E-state index contributed by atoms with van der Waals surface area (Å²) in [5, 5.41) is 3.53. The second-order valence-electron chi connectivity index (χ2n) is 5.43. The number of aromatic nitrogens is 2. The number of halogens is 1. The number of carbonyl (C=O) groups excluding carboxylic acids is 1. The minimum absolute atomic E-state index is 0.0889. The molecule has 0 saturated carbocycles. The number of imidazole rings is 1. The molecule has 0 saturated heterocycles. The quantitative estimate of drug-likeness (QED) is 0.671. The van der Waals surface area contributed by atoms with Crippen molar-refractivity contribution in [1.82, 2.24) is 15.3 Å². The summed E-state index contributed by atoms with van der Waals surface area (Å²) in [5.41, 5.74) is 3.28. The molecule has 0 fully saturated rings. The van der Waals surface area contributed by atoms with E-state index < -0.39 is 0 Å². The van der Waals surface area contributed by atoms with E-state index in [1.165, 1.54) is 0 Å². The second-order valence-corrected chi connectivity index (χ2v) is 5.86. The van der Waals surface area contributed by atoms with Gasteiger partial charge < -0.3 is 15.0 Å². The molecule has 0 unspecified atom stereocenters. The number of H-pyrrole nitrogens is 1. The molecule has 6 heteroatoms. The maximum atomic E-state index is 12.0. The molecular formula is C18H18ClN3O2. The van der Waals surface area contributed by atoms with Crippen molar-refractivity contribution in [2.24, 2.45) is 0 Å². The van der Waals surface area contributed by atoms with Crippen LogP contribution in [0, 0.1) is 0 Å². The zero-order valence-corrected chi connectivity index (χ0v) is 14.1. The molecule has 0 aliphatic heterocycles. The minimum atomic E-state index is -0.0889. The van der Waals surface area contributed by atoms with E-state index in [4.69, 9.17) is 16.3 Å². The van der Waals surface area contributed by atoms with Gasteiger partial charge in [-0.3, -0.25) is 4.79 Å². The van der Waals surface area contributed by atoms with Gasteiger partial charge in [0.1, 0.15) is 5.82 Å². The van der Waals surface area contributed by atoms with E-state index in [0.717, 1.165) is 28.8 Å². The first-order valence-corrected chi connectivity index (χ1v) is 8.08. The lowest BCUT2D eigenvalue weighted by Gasteiger charge is -2.05. The third kappa shape index (κ3) is 3.75. The molecule has 1 aromatic heterocycles. The van der Waals surface area contributed by atoms with E-state index in [1.54, 1.807) is 19.2 Å². The SMILES string of the molecule is COCCCNC(=O)c1ccc(-c2nc3ccc(Cl)cc3[nH]2)cc1. The normalized spacial score (nSPS) is 10.9. The molecule has 0 atom stereocenters. The number of ether oxygens (including phenoxy) is 1. The van der Waals surface area contributed by atoms with Crippen molar-refractivity contribution < 1.29 is 9.53 Å². The van der Waals surface area contributed by atoms with Crippen LogP contribution in [-0.2, 0) is 4.74 Å². The zero-order chi connectivity index (χ0) is 16.9. The molecule has 3 rings (SSSR count). The number of hydrogen-bond acceptors (Lipinski definition) is 3. The molecule has 24 heavy (non-hydrogen) atoms. The first-order chi connectivity index (χ1) is 11.7. The van der Waals surface area contributed by atoms with Crippen LogP contribution in [0.15, 0.2) is 42.5 Å². The first kappa shape index (κ1) is 16.5. The fourth-order valence-corrected chi connectivity index (χ4v) is 2.59. The summed E-state index contributed by atoms with van der Waals surface area (Å²) in [5.74, 6) is 0.661. The van der Waals surface area contributed by atoms with Crippen molar-refractivity contribution in [3.63, 3.8) is 0 Å². The number of hydrogen-bond donors (Lipinski definition) is 2. The summed E-state index contributed by atoms with van der Waals surface area (Å²) >= 11 is 5.99. The molecule has 3 aromatic rings. The van der Waals surface area contributed by atoms with Gasteiger partial charge in [0.2, 0.25) is 0 Å². The van der Waals surface area contributed by atoms with Gasteiger partial charge in [0, 0.05) is 36.4 Å². The number of nitrogens with zero attached hydrogens (tertiary/aromatic N) is 1. The van der Waals surface area contributed by atoms with Gasteiger partial charge in [-0.2, -0.15) is 0 Å². The third-order valence-corrected chi connectivity index (χ3v) is 3.91. The Morgan fingerprint density at radius 2 is 2.04 bits per heavy atom. The first-order valence-electron chi connectivity index (χ1n) is 7.70. The summed E-state index contributed by atoms with van der Waals surface area (Å²) in [6.07, 6.45) is 0.794. The predicted molar refractivity (Wildman–Crippen MR) is 95.4 cm³/mol. The number of benzene rings is 2. The summed E-state index contributed by atoms with van der Waals surface area (Å²) < 4.78 is 4.96. The summed E-state index contributed by atoms with van der Waals surface area (Å²) in [6.45, 7) is 1.23. The molecule has 124 valence electrons. The summed E-state index contributed by atoms with van der Waals surface area (Å²) in [6, 6.07) is 12.9. The monoisotopic (exact) mass is 343 g/mol. The Kier molecular flexibility index (Phi) is 5.13. The Labute approximate surface area is 145 Å². The van der Waals surface area contributed by atoms with Gasteiger partial charge in [0.05, 0.1) is 11.0 Å². The van der Waals surface area contributed by atoms with Crippen LogP contribution in [0.25, 0.3) is 22.4 Å². The minimum Gasteiger partial charge on any atom is -0.385 e. The Balaban J connectivity index is 1.72. The van der Waals surface area contributed by atoms with Crippen LogP contribution in [0.4, 0.5) is 0 Å². The van der Waals surface area contributed by atoms with Crippen molar-refractivity contribution in [3.05, 3.63) is 53.1 Å². The fraction of sp³-hybridized carbons (Fsp3) is 0.222. The Morgan fingerprint density at radius 3 is 2.79 bits per heavy atom. The van der Waals surface area contributed by atoms with E-state index in [2.05, 4.69) is 15.3 Å². The molecule has 0 radical (unpaired) electrons. The van der Waals surface area contributed by atoms with Crippen molar-refractivity contribution in [1.29, 1.82) is 0 Å². The van der Waals surface area contributed by atoms with Gasteiger partial charge in [0.25, 0.3) is 5.91 Å². The highest BCUT2D eigenvalue weighted by molar-refractivity contribution is 6.31.